The van der Waals surface area contributed by atoms with Crippen LogP contribution in [0.2, 0.25) is 0 Å². The Morgan fingerprint density at radius 1 is 1.73 bits per heavy atom. The summed E-state index contributed by atoms with van der Waals surface area (Å²) in [5.74, 6) is 0. The van der Waals surface area contributed by atoms with Crippen LogP contribution in [0.3, 0.4) is 0 Å². The summed E-state index contributed by atoms with van der Waals surface area (Å²) >= 11 is 5.56. The van der Waals surface area contributed by atoms with Gasteiger partial charge in [0.2, 0.25) is 0 Å². The molecule has 0 aromatic carbocycles. The van der Waals surface area contributed by atoms with Crippen molar-refractivity contribution in [1.29, 1.82) is 0 Å². The second kappa shape index (κ2) is 3.93. The highest BCUT2D eigenvalue weighted by Gasteiger charge is 2.24. The van der Waals surface area contributed by atoms with Gasteiger partial charge in [0, 0.05) is 17.6 Å². The van der Waals surface area contributed by atoms with E-state index >= 15 is 0 Å². The van der Waals surface area contributed by atoms with Crippen LogP contribution < -0.4 is 0 Å². The Balaban J connectivity index is 2.14. The maximum Gasteiger partial charge on any atom is 0.0331 e. The van der Waals surface area contributed by atoms with Gasteiger partial charge in [-0.05, 0) is 26.0 Å². The number of likely N-dealkylation sites (N-methyl/N-ethyl adjacent to an activating group) is 1. The van der Waals surface area contributed by atoms with Crippen LogP contribution in [0, 0.1) is 0 Å². The minimum absolute atomic E-state index is 0.606. The standard InChI is InChI=1S/C9H14ClN/c1-8(10)4-3-7-11(2)9-5-6-9/h3-4,9H,1,5-7H2,2H3/b4-3+. The SMILES string of the molecule is C=C(Cl)/C=C/CN(C)C1CC1. The van der Waals surface area contributed by atoms with Crippen molar-refractivity contribution in [3.63, 3.8) is 0 Å². The lowest BCUT2D eigenvalue weighted by molar-refractivity contribution is 0.360. The van der Waals surface area contributed by atoms with E-state index in [2.05, 4.69) is 18.5 Å². The molecular weight excluding hydrogens is 158 g/mol. The lowest BCUT2D eigenvalue weighted by Gasteiger charge is -2.11. The van der Waals surface area contributed by atoms with Crippen molar-refractivity contribution >= 4 is 11.6 Å². The normalized spacial score (nSPS) is 18.1. The van der Waals surface area contributed by atoms with Gasteiger partial charge in [0.1, 0.15) is 0 Å². The largest absolute Gasteiger partial charge is 0.300 e. The Morgan fingerprint density at radius 3 is 2.82 bits per heavy atom. The van der Waals surface area contributed by atoms with Gasteiger partial charge in [-0.15, -0.1) is 0 Å². The van der Waals surface area contributed by atoms with Gasteiger partial charge in [-0.2, -0.15) is 0 Å². The molecule has 0 unspecified atom stereocenters. The highest BCUT2D eigenvalue weighted by molar-refractivity contribution is 6.30. The third-order valence-electron chi connectivity index (χ3n) is 1.86. The lowest BCUT2D eigenvalue weighted by Crippen LogP contribution is -2.20. The first-order chi connectivity index (χ1) is 5.20. The molecule has 1 saturated carbocycles. The molecule has 0 heterocycles. The van der Waals surface area contributed by atoms with E-state index in [1.165, 1.54) is 12.8 Å². The molecule has 0 aromatic heterocycles. The van der Waals surface area contributed by atoms with E-state index in [-0.39, 0.29) is 0 Å². The van der Waals surface area contributed by atoms with Crippen molar-refractivity contribution < 1.29 is 0 Å². The maximum absolute atomic E-state index is 5.56. The van der Waals surface area contributed by atoms with E-state index < -0.39 is 0 Å². The van der Waals surface area contributed by atoms with Gasteiger partial charge in [0.05, 0.1) is 0 Å². The van der Waals surface area contributed by atoms with Crippen LogP contribution in [-0.4, -0.2) is 24.5 Å². The van der Waals surface area contributed by atoms with E-state index in [4.69, 9.17) is 11.6 Å². The average Bonchev–Trinajstić information content (AvgIpc) is 2.66. The quantitative estimate of drug-likeness (QED) is 0.588. The van der Waals surface area contributed by atoms with Gasteiger partial charge in [-0.25, -0.2) is 0 Å². The lowest BCUT2D eigenvalue weighted by atomic mass is 10.4. The molecular formula is C9H14ClN. The first kappa shape index (κ1) is 8.82. The van der Waals surface area contributed by atoms with Crippen LogP contribution in [0.4, 0.5) is 0 Å². The van der Waals surface area contributed by atoms with E-state index in [1.54, 1.807) is 0 Å². The smallest absolute Gasteiger partial charge is 0.0331 e. The second-order valence-corrected chi connectivity index (χ2v) is 3.51. The predicted molar refractivity (Wildman–Crippen MR) is 49.8 cm³/mol. The zero-order valence-corrected chi connectivity index (χ0v) is 7.64. The van der Waals surface area contributed by atoms with Gasteiger partial charge >= 0.3 is 0 Å². The summed E-state index contributed by atoms with van der Waals surface area (Å²) in [6.45, 7) is 4.56. The molecule has 0 atom stereocenters. The summed E-state index contributed by atoms with van der Waals surface area (Å²) in [4.78, 5) is 2.33. The van der Waals surface area contributed by atoms with Gasteiger partial charge in [0.15, 0.2) is 0 Å². The number of rotatable bonds is 4. The van der Waals surface area contributed by atoms with Gasteiger partial charge in [-0.1, -0.05) is 24.3 Å². The molecule has 0 bridgehead atoms. The minimum Gasteiger partial charge on any atom is -0.300 e. The predicted octanol–water partition coefficient (Wildman–Crippen LogP) is 2.39. The van der Waals surface area contributed by atoms with Crippen molar-refractivity contribution in [2.24, 2.45) is 0 Å². The molecule has 1 aliphatic rings. The molecule has 0 aromatic rings. The molecule has 1 nitrogen and oxygen atoms in total. The monoisotopic (exact) mass is 171 g/mol. The molecule has 0 N–H and O–H groups in total. The Hall–Kier alpha value is -0.270. The number of nitrogens with zero attached hydrogens (tertiary/aromatic N) is 1. The maximum atomic E-state index is 5.56. The van der Waals surface area contributed by atoms with Crippen LogP contribution in [0.1, 0.15) is 12.8 Å². The fraction of sp³-hybridized carbons (Fsp3) is 0.556. The summed E-state index contributed by atoms with van der Waals surface area (Å²) in [5, 5.41) is 0.606. The Morgan fingerprint density at radius 2 is 2.36 bits per heavy atom. The number of hydrogen-bond acceptors (Lipinski definition) is 1. The van der Waals surface area contributed by atoms with Crippen molar-refractivity contribution in [2.75, 3.05) is 13.6 Å². The van der Waals surface area contributed by atoms with E-state index in [0.29, 0.717) is 5.03 Å². The van der Waals surface area contributed by atoms with Crippen LogP contribution in [0.5, 0.6) is 0 Å². The Labute approximate surface area is 73.3 Å². The third-order valence-corrected chi connectivity index (χ3v) is 1.99. The number of hydrogen-bond donors (Lipinski definition) is 0. The molecule has 1 fully saturated rings. The zero-order chi connectivity index (χ0) is 8.27. The summed E-state index contributed by atoms with van der Waals surface area (Å²) in [7, 11) is 2.14. The molecule has 2 heteroatoms. The molecule has 0 amide bonds. The zero-order valence-electron chi connectivity index (χ0n) is 6.89. The van der Waals surface area contributed by atoms with Crippen LogP contribution in [-0.2, 0) is 0 Å². The Kier molecular flexibility index (Phi) is 3.16. The molecule has 11 heavy (non-hydrogen) atoms. The molecule has 0 aliphatic heterocycles. The number of allylic oxidation sites excluding steroid dienone is 2. The minimum atomic E-state index is 0.606. The van der Waals surface area contributed by atoms with Crippen LogP contribution in [0.15, 0.2) is 23.8 Å². The second-order valence-electron chi connectivity index (χ2n) is 3.02. The highest BCUT2D eigenvalue weighted by atomic mass is 35.5. The molecule has 0 spiro atoms. The van der Waals surface area contributed by atoms with E-state index in [1.807, 2.05) is 12.2 Å². The highest BCUT2D eigenvalue weighted by Crippen LogP contribution is 2.24. The van der Waals surface area contributed by atoms with Crippen molar-refractivity contribution in [3.05, 3.63) is 23.8 Å². The fourth-order valence-electron chi connectivity index (χ4n) is 1.01. The van der Waals surface area contributed by atoms with Crippen LogP contribution in [0.25, 0.3) is 0 Å². The molecule has 0 radical (unpaired) electrons. The Bertz CT molecular complexity index is 170. The van der Waals surface area contributed by atoms with Gasteiger partial charge in [-0.3, -0.25) is 4.90 Å². The van der Waals surface area contributed by atoms with E-state index in [9.17, 15) is 0 Å². The summed E-state index contributed by atoms with van der Waals surface area (Å²) in [5.41, 5.74) is 0. The van der Waals surface area contributed by atoms with Crippen molar-refractivity contribution in [3.8, 4) is 0 Å². The average molecular weight is 172 g/mol. The van der Waals surface area contributed by atoms with Crippen molar-refractivity contribution in [2.45, 2.75) is 18.9 Å². The molecule has 1 rings (SSSR count). The molecule has 62 valence electrons. The van der Waals surface area contributed by atoms with Gasteiger partial charge in [0.25, 0.3) is 0 Å². The third kappa shape index (κ3) is 3.59. The summed E-state index contributed by atoms with van der Waals surface area (Å²) < 4.78 is 0. The van der Waals surface area contributed by atoms with Crippen molar-refractivity contribution in [1.82, 2.24) is 4.90 Å². The van der Waals surface area contributed by atoms with Crippen LogP contribution >= 0.6 is 11.6 Å². The number of halogens is 1. The van der Waals surface area contributed by atoms with Gasteiger partial charge < -0.3 is 0 Å². The first-order valence-electron chi connectivity index (χ1n) is 3.91. The van der Waals surface area contributed by atoms with E-state index in [0.717, 1.165) is 12.6 Å². The molecule has 0 saturated heterocycles. The first-order valence-corrected chi connectivity index (χ1v) is 4.29. The summed E-state index contributed by atoms with van der Waals surface area (Å²) in [6, 6.07) is 0.822. The topological polar surface area (TPSA) is 3.24 Å². The fourth-order valence-corrected chi connectivity index (χ4v) is 1.10. The molecule has 1 aliphatic carbocycles. The summed E-state index contributed by atoms with van der Waals surface area (Å²) in [6.07, 6.45) is 6.60.